The van der Waals surface area contributed by atoms with E-state index in [1.807, 2.05) is 35.1 Å². The molecule has 106 valence electrons. The minimum absolute atomic E-state index is 0.796. The number of rotatable bonds is 4. The lowest BCUT2D eigenvalue weighted by molar-refractivity contribution is 0.372. The third-order valence-corrected chi connectivity index (χ3v) is 3.96. The average molecular weight is 271 g/mol. The Balaban J connectivity index is 1.68. The molecule has 1 aliphatic heterocycles. The second-order valence-corrected chi connectivity index (χ2v) is 5.39. The Morgan fingerprint density at radius 1 is 1.25 bits per heavy atom. The van der Waals surface area contributed by atoms with Crippen LogP contribution in [0.25, 0.3) is 5.69 Å². The maximum Gasteiger partial charge on any atom is 0.119 e. The van der Waals surface area contributed by atoms with Crippen molar-refractivity contribution < 1.29 is 4.74 Å². The van der Waals surface area contributed by atoms with Crippen LogP contribution < -0.4 is 10.1 Å². The van der Waals surface area contributed by atoms with Crippen LogP contribution in [0, 0.1) is 5.92 Å². The Morgan fingerprint density at radius 2 is 2.00 bits per heavy atom. The molecule has 4 nitrogen and oxygen atoms in total. The lowest BCUT2D eigenvalue weighted by Crippen LogP contribution is -2.28. The van der Waals surface area contributed by atoms with Gasteiger partial charge in [-0.15, -0.1) is 0 Å². The van der Waals surface area contributed by atoms with Crippen molar-refractivity contribution >= 4 is 0 Å². The fourth-order valence-electron chi connectivity index (χ4n) is 2.76. The van der Waals surface area contributed by atoms with Gasteiger partial charge in [0.15, 0.2) is 0 Å². The van der Waals surface area contributed by atoms with E-state index in [0.717, 1.165) is 36.9 Å². The molecule has 0 amide bonds. The molecule has 1 aromatic carbocycles. The molecule has 0 aliphatic carbocycles. The highest BCUT2D eigenvalue weighted by Crippen LogP contribution is 2.19. The van der Waals surface area contributed by atoms with Gasteiger partial charge in [-0.3, -0.25) is 0 Å². The van der Waals surface area contributed by atoms with Crippen LogP contribution in [0.4, 0.5) is 0 Å². The zero-order valence-corrected chi connectivity index (χ0v) is 11.9. The van der Waals surface area contributed by atoms with Gasteiger partial charge in [0.1, 0.15) is 5.75 Å². The Hall–Kier alpha value is -1.81. The van der Waals surface area contributed by atoms with Gasteiger partial charge in [0.25, 0.3) is 0 Å². The van der Waals surface area contributed by atoms with E-state index in [-0.39, 0.29) is 0 Å². The molecule has 0 saturated carbocycles. The highest BCUT2D eigenvalue weighted by atomic mass is 16.5. The van der Waals surface area contributed by atoms with Gasteiger partial charge in [0.05, 0.1) is 19.0 Å². The molecule has 4 heteroatoms. The number of piperidine rings is 1. The van der Waals surface area contributed by atoms with E-state index < -0.39 is 0 Å². The quantitative estimate of drug-likeness (QED) is 0.928. The fourth-order valence-corrected chi connectivity index (χ4v) is 2.76. The first kappa shape index (κ1) is 13.2. The Bertz CT molecular complexity index is 541. The zero-order valence-electron chi connectivity index (χ0n) is 11.9. The summed E-state index contributed by atoms with van der Waals surface area (Å²) < 4.78 is 7.12. The summed E-state index contributed by atoms with van der Waals surface area (Å²) in [5, 5.41) is 7.88. The topological polar surface area (TPSA) is 39.1 Å². The summed E-state index contributed by atoms with van der Waals surface area (Å²) in [5.74, 6) is 1.67. The highest BCUT2D eigenvalue weighted by Gasteiger charge is 2.14. The second kappa shape index (κ2) is 6.09. The van der Waals surface area contributed by atoms with Crippen molar-refractivity contribution in [2.45, 2.75) is 19.3 Å². The van der Waals surface area contributed by atoms with Gasteiger partial charge in [-0.05, 0) is 68.1 Å². The number of hydrogen-bond acceptors (Lipinski definition) is 3. The third-order valence-electron chi connectivity index (χ3n) is 3.96. The minimum atomic E-state index is 0.796. The molecule has 0 bridgehead atoms. The second-order valence-electron chi connectivity index (χ2n) is 5.39. The molecule has 1 aliphatic rings. The molecule has 3 rings (SSSR count). The first-order valence-corrected chi connectivity index (χ1v) is 7.24. The van der Waals surface area contributed by atoms with E-state index in [9.17, 15) is 0 Å². The molecule has 1 aromatic heterocycles. The van der Waals surface area contributed by atoms with Crippen LogP contribution in [0.5, 0.6) is 5.75 Å². The van der Waals surface area contributed by atoms with E-state index >= 15 is 0 Å². The van der Waals surface area contributed by atoms with Crippen molar-refractivity contribution in [1.82, 2.24) is 15.1 Å². The lowest BCUT2D eigenvalue weighted by atomic mass is 9.92. The largest absolute Gasteiger partial charge is 0.497 e. The monoisotopic (exact) mass is 271 g/mol. The van der Waals surface area contributed by atoms with E-state index in [4.69, 9.17) is 4.74 Å². The van der Waals surface area contributed by atoms with Crippen molar-refractivity contribution in [3.8, 4) is 11.4 Å². The van der Waals surface area contributed by atoms with Crippen molar-refractivity contribution in [3.05, 3.63) is 42.2 Å². The average Bonchev–Trinajstić information content (AvgIpc) is 2.97. The molecule has 0 radical (unpaired) electrons. The number of nitrogens with zero attached hydrogens (tertiary/aromatic N) is 2. The molecule has 20 heavy (non-hydrogen) atoms. The van der Waals surface area contributed by atoms with Crippen molar-refractivity contribution in [2.24, 2.45) is 5.92 Å². The standard InChI is InChI=1S/C16H21N3O/c1-20-16-4-2-15(3-5-16)19-12-14(11-18-19)10-13-6-8-17-9-7-13/h2-5,11-13,17H,6-10H2,1H3. The molecule has 1 fully saturated rings. The van der Waals surface area contributed by atoms with Crippen LogP contribution in [0.2, 0.25) is 0 Å². The summed E-state index contributed by atoms with van der Waals surface area (Å²) in [7, 11) is 1.68. The number of hydrogen-bond donors (Lipinski definition) is 1. The van der Waals surface area contributed by atoms with Crippen LogP contribution in [0.15, 0.2) is 36.7 Å². The number of ether oxygens (including phenoxy) is 1. The smallest absolute Gasteiger partial charge is 0.119 e. The highest BCUT2D eigenvalue weighted by molar-refractivity contribution is 5.37. The van der Waals surface area contributed by atoms with Crippen LogP contribution in [-0.2, 0) is 6.42 Å². The van der Waals surface area contributed by atoms with Crippen molar-refractivity contribution in [2.75, 3.05) is 20.2 Å². The third kappa shape index (κ3) is 3.02. The van der Waals surface area contributed by atoms with Crippen molar-refractivity contribution in [3.63, 3.8) is 0 Å². The number of benzene rings is 1. The molecule has 0 spiro atoms. The summed E-state index contributed by atoms with van der Waals surface area (Å²) >= 11 is 0. The predicted molar refractivity (Wildman–Crippen MR) is 79.4 cm³/mol. The van der Waals surface area contributed by atoms with Gasteiger partial charge in [-0.1, -0.05) is 0 Å². The van der Waals surface area contributed by atoms with Crippen LogP contribution >= 0.6 is 0 Å². The van der Waals surface area contributed by atoms with Crippen molar-refractivity contribution in [1.29, 1.82) is 0 Å². The van der Waals surface area contributed by atoms with Gasteiger partial charge < -0.3 is 10.1 Å². The first-order chi connectivity index (χ1) is 9.85. The van der Waals surface area contributed by atoms with Gasteiger partial charge in [-0.2, -0.15) is 5.10 Å². The fraction of sp³-hybridized carbons (Fsp3) is 0.438. The molecular weight excluding hydrogens is 250 g/mol. The van der Waals surface area contributed by atoms with E-state index in [0.29, 0.717) is 0 Å². The summed E-state index contributed by atoms with van der Waals surface area (Å²) in [6.07, 6.45) is 7.81. The summed E-state index contributed by atoms with van der Waals surface area (Å²) in [6.45, 7) is 2.30. The number of methoxy groups -OCH3 is 1. The van der Waals surface area contributed by atoms with Gasteiger partial charge in [0.2, 0.25) is 0 Å². The minimum Gasteiger partial charge on any atom is -0.497 e. The Labute approximate surface area is 119 Å². The van der Waals surface area contributed by atoms with E-state index in [1.165, 1.54) is 18.4 Å². The van der Waals surface area contributed by atoms with E-state index in [1.54, 1.807) is 7.11 Å². The van der Waals surface area contributed by atoms with Gasteiger partial charge in [-0.25, -0.2) is 4.68 Å². The first-order valence-electron chi connectivity index (χ1n) is 7.24. The molecule has 1 saturated heterocycles. The normalized spacial score (nSPS) is 16.2. The molecule has 0 atom stereocenters. The van der Waals surface area contributed by atoms with Gasteiger partial charge in [0, 0.05) is 6.20 Å². The molecule has 2 heterocycles. The molecule has 1 N–H and O–H groups in total. The Kier molecular flexibility index (Phi) is 4.02. The maximum absolute atomic E-state index is 5.18. The molecular formula is C16H21N3O. The predicted octanol–water partition coefficient (Wildman–Crippen LogP) is 2.42. The summed E-state index contributed by atoms with van der Waals surface area (Å²) in [4.78, 5) is 0. The Morgan fingerprint density at radius 3 is 2.70 bits per heavy atom. The van der Waals surface area contributed by atoms with Gasteiger partial charge >= 0.3 is 0 Å². The number of aromatic nitrogens is 2. The van der Waals surface area contributed by atoms with E-state index in [2.05, 4.69) is 16.6 Å². The SMILES string of the molecule is COc1ccc(-n2cc(CC3CCNCC3)cn2)cc1. The van der Waals surface area contributed by atoms with Crippen LogP contribution in [0.3, 0.4) is 0 Å². The number of nitrogens with one attached hydrogen (secondary N) is 1. The van der Waals surface area contributed by atoms with Crippen LogP contribution in [-0.4, -0.2) is 30.0 Å². The summed E-state index contributed by atoms with van der Waals surface area (Å²) in [6, 6.07) is 7.98. The lowest BCUT2D eigenvalue weighted by Gasteiger charge is -2.21. The zero-order chi connectivity index (χ0) is 13.8. The molecule has 0 unspecified atom stereocenters. The molecule has 2 aromatic rings. The maximum atomic E-state index is 5.18. The summed E-state index contributed by atoms with van der Waals surface area (Å²) in [5.41, 5.74) is 2.40. The van der Waals surface area contributed by atoms with Crippen LogP contribution in [0.1, 0.15) is 18.4 Å².